The average molecular weight is 299 g/mol. The van der Waals surface area contributed by atoms with Crippen LogP contribution in [0.3, 0.4) is 0 Å². The van der Waals surface area contributed by atoms with Crippen LogP contribution >= 0.6 is 0 Å². The van der Waals surface area contributed by atoms with E-state index in [9.17, 15) is 14.3 Å². The standard InChI is InChI=1S/C17H14FNO3/c1-22-17(21)15-16(20)13-4-2-3-5-14(13)19(15)10-11-6-8-12(18)9-7-11/h2-9,20H,10H2,1H3. The van der Waals surface area contributed by atoms with Crippen LogP contribution in [0, 0.1) is 5.82 Å². The number of aromatic nitrogens is 1. The summed E-state index contributed by atoms with van der Waals surface area (Å²) in [7, 11) is 1.27. The Morgan fingerprint density at radius 1 is 1.18 bits per heavy atom. The van der Waals surface area contributed by atoms with Gasteiger partial charge < -0.3 is 14.4 Å². The molecule has 0 saturated heterocycles. The normalized spacial score (nSPS) is 10.8. The summed E-state index contributed by atoms with van der Waals surface area (Å²) in [4.78, 5) is 12.0. The number of ether oxygens (including phenoxy) is 1. The predicted molar refractivity (Wildman–Crippen MR) is 80.4 cm³/mol. The number of rotatable bonds is 3. The van der Waals surface area contributed by atoms with Gasteiger partial charge in [0.2, 0.25) is 0 Å². The molecule has 1 heterocycles. The van der Waals surface area contributed by atoms with Gasteiger partial charge in [-0.15, -0.1) is 0 Å². The molecule has 0 spiro atoms. The van der Waals surface area contributed by atoms with Crippen molar-refractivity contribution in [2.75, 3.05) is 7.11 Å². The molecule has 5 heteroatoms. The minimum atomic E-state index is -0.615. The van der Waals surface area contributed by atoms with E-state index in [1.165, 1.54) is 19.2 Å². The summed E-state index contributed by atoms with van der Waals surface area (Å²) in [6, 6.07) is 13.2. The molecule has 112 valence electrons. The molecule has 3 aromatic rings. The molecule has 0 bridgehead atoms. The van der Waals surface area contributed by atoms with E-state index < -0.39 is 5.97 Å². The van der Waals surface area contributed by atoms with E-state index in [2.05, 4.69) is 0 Å². The SMILES string of the molecule is COC(=O)c1c(O)c2ccccc2n1Cc1ccc(F)cc1. The molecule has 0 aliphatic carbocycles. The van der Waals surface area contributed by atoms with Gasteiger partial charge in [-0.2, -0.15) is 0 Å². The maximum absolute atomic E-state index is 13.0. The van der Waals surface area contributed by atoms with Crippen molar-refractivity contribution in [2.24, 2.45) is 0 Å². The highest BCUT2D eigenvalue weighted by molar-refractivity contribution is 6.01. The van der Waals surface area contributed by atoms with Crippen molar-refractivity contribution in [3.63, 3.8) is 0 Å². The number of carbonyl (C=O) groups excluding carboxylic acids is 1. The van der Waals surface area contributed by atoms with Crippen LogP contribution in [0.1, 0.15) is 16.1 Å². The zero-order valence-electron chi connectivity index (χ0n) is 11.9. The number of nitrogens with zero attached hydrogens (tertiary/aromatic N) is 1. The lowest BCUT2D eigenvalue weighted by Gasteiger charge is -2.09. The second-order valence-electron chi connectivity index (χ2n) is 4.92. The third kappa shape index (κ3) is 2.30. The molecule has 4 nitrogen and oxygen atoms in total. The molecule has 0 radical (unpaired) electrons. The highest BCUT2D eigenvalue weighted by Crippen LogP contribution is 2.33. The summed E-state index contributed by atoms with van der Waals surface area (Å²) in [6.07, 6.45) is 0. The van der Waals surface area contributed by atoms with Crippen LogP contribution in [0.2, 0.25) is 0 Å². The Kier molecular flexibility index (Phi) is 3.55. The molecular formula is C17H14FNO3. The fourth-order valence-corrected chi connectivity index (χ4v) is 2.53. The van der Waals surface area contributed by atoms with Crippen LogP contribution in [0.25, 0.3) is 10.9 Å². The van der Waals surface area contributed by atoms with Gasteiger partial charge in [-0.05, 0) is 29.8 Å². The van der Waals surface area contributed by atoms with Crippen molar-refractivity contribution >= 4 is 16.9 Å². The van der Waals surface area contributed by atoms with E-state index in [1.807, 2.05) is 12.1 Å². The molecule has 0 fully saturated rings. The summed E-state index contributed by atoms with van der Waals surface area (Å²) in [5, 5.41) is 10.9. The number of aromatic hydroxyl groups is 1. The van der Waals surface area contributed by atoms with Gasteiger partial charge in [-0.25, -0.2) is 9.18 Å². The summed E-state index contributed by atoms with van der Waals surface area (Å²) in [5.41, 5.74) is 1.62. The van der Waals surface area contributed by atoms with Crippen LogP contribution in [0.4, 0.5) is 4.39 Å². The van der Waals surface area contributed by atoms with Crippen molar-refractivity contribution in [2.45, 2.75) is 6.54 Å². The number of esters is 1. The van der Waals surface area contributed by atoms with Gasteiger partial charge in [0, 0.05) is 11.9 Å². The summed E-state index contributed by atoms with van der Waals surface area (Å²) < 4.78 is 19.5. The van der Waals surface area contributed by atoms with Crippen molar-refractivity contribution in [1.29, 1.82) is 0 Å². The summed E-state index contributed by atoms with van der Waals surface area (Å²) in [6.45, 7) is 0.325. The second-order valence-corrected chi connectivity index (χ2v) is 4.92. The molecule has 0 unspecified atom stereocenters. The second kappa shape index (κ2) is 5.52. The molecule has 1 aromatic heterocycles. The first kappa shape index (κ1) is 14.1. The molecule has 1 N–H and O–H groups in total. The Balaban J connectivity index is 2.18. The molecule has 0 saturated carbocycles. The molecule has 3 rings (SSSR count). The predicted octanol–water partition coefficient (Wildman–Crippen LogP) is 3.32. The first-order valence-corrected chi connectivity index (χ1v) is 6.74. The van der Waals surface area contributed by atoms with E-state index in [4.69, 9.17) is 4.74 Å². The lowest BCUT2D eigenvalue weighted by atomic mass is 10.2. The van der Waals surface area contributed by atoms with Crippen LogP contribution in [-0.2, 0) is 11.3 Å². The smallest absolute Gasteiger partial charge is 0.358 e. The number of fused-ring (bicyclic) bond motifs is 1. The third-order valence-corrected chi connectivity index (χ3v) is 3.58. The lowest BCUT2D eigenvalue weighted by Crippen LogP contribution is -2.11. The zero-order chi connectivity index (χ0) is 15.7. The van der Waals surface area contributed by atoms with Gasteiger partial charge in [0.1, 0.15) is 5.82 Å². The monoisotopic (exact) mass is 299 g/mol. The Hall–Kier alpha value is -2.82. The fraction of sp³-hybridized carbons (Fsp3) is 0.118. The van der Waals surface area contributed by atoms with Gasteiger partial charge in [0.05, 0.1) is 12.6 Å². The highest BCUT2D eigenvalue weighted by atomic mass is 19.1. The molecule has 2 aromatic carbocycles. The minimum Gasteiger partial charge on any atom is -0.505 e. The van der Waals surface area contributed by atoms with Crippen molar-refractivity contribution < 1.29 is 19.0 Å². The maximum atomic E-state index is 13.0. The van der Waals surface area contributed by atoms with Crippen LogP contribution < -0.4 is 0 Å². The van der Waals surface area contributed by atoms with Crippen molar-refractivity contribution in [1.82, 2.24) is 4.57 Å². The Morgan fingerprint density at radius 2 is 1.86 bits per heavy atom. The number of halogens is 1. The fourth-order valence-electron chi connectivity index (χ4n) is 2.53. The maximum Gasteiger partial charge on any atom is 0.358 e. The number of methoxy groups -OCH3 is 1. The Morgan fingerprint density at radius 3 is 2.55 bits per heavy atom. The number of hydrogen-bond donors (Lipinski definition) is 1. The molecular weight excluding hydrogens is 285 g/mol. The number of carbonyl (C=O) groups is 1. The Labute approximate surface area is 126 Å². The first-order valence-electron chi connectivity index (χ1n) is 6.74. The minimum absolute atomic E-state index is 0.0908. The van der Waals surface area contributed by atoms with E-state index in [0.29, 0.717) is 17.4 Å². The molecule has 0 amide bonds. The molecule has 22 heavy (non-hydrogen) atoms. The zero-order valence-corrected chi connectivity index (χ0v) is 11.9. The van der Waals surface area contributed by atoms with E-state index in [1.54, 1.807) is 28.8 Å². The third-order valence-electron chi connectivity index (χ3n) is 3.58. The van der Waals surface area contributed by atoms with Gasteiger partial charge in [-0.1, -0.05) is 24.3 Å². The van der Waals surface area contributed by atoms with Gasteiger partial charge in [0.15, 0.2) is 11.4 Å². The largest absolute Gasteiger partial charge is 0.505 e. The van der Waals surface area contributed by atoms with Crippen LogP contribution in [0.15, 0.2) is 48.5 Å². The van der Waals surface area contributed by atoms with Crippen LogP contribution in [0.5, 0.6) is 5.75 Å². The lowest BCUT2D eigenvalue weighted by molar-refractivity contribution is 0.0586. The summed E-state index contributed by atoms with van der Waals surface area (Å²) >= 11 is 0. The van der Waals surface area contributed by atoms with Gasteiger partial charge in [0.25, 0.3) is 0 Å². The number of hydrogen-bond acceptors (Lipinski definition) is 3. The van der Waals surface area contributed by atoms with E-state index in [-0.39, 0.29) is 17.3 Å². The highest BCUT2D eigenvalue weighted by Gasteiger charge is 2.23. The first-order chi connectivity index (χ1) is 10.6. The topological polar surface area (TPSA) is 51.5 Å². The molecule has 0 atom stereocenters. The van der Waals surface area contributed by atoms with Crippen LogP contribution in [-0.4, -0.2) is 22.8 Å². The summed E-state index contributed by atoms with van der Waals surface area (Å²) in [5.74, 6) is -1.04. The molecule has 0 aliphatic heterocycles. The van der Waals surface area contributed by atoms with Gasteiger partial charge >= 0.3 is 5.97 Å². The number of para-hydroxylation sites is 1. The molecule has 0 aliphatic rings. The van der Waals surface area contributed by atoms with Crippen molar-refractivity contribution in [3.05, 3.63) is 65.6 Å². The van der Waals surface area contributed by atoms with E-state index in [0.717, 1.165) is 5.56 Å². The van der Waals surface area contributed by atoms with Crippen molar-refractivity contribution in [3.8, 4) is 5.75 Å². The van der Waals surface area contributed by atoms with E-state index >= 15 is 0 Å². The number of benzene rings is 2. The quantitative estimate of drug-likeness (QED) is 0.755. The van der Waals surface area contributed by atoms with Gasteiger partial charge in [-0.3, -0.25) is 0 Å². The Bertz CT molecular complexity index is 837. The average Bonchev–Trinajstić information content (AvgIpc) is 2.82.